The van der Waals surface area contributed by atoms with Crippen LogP contribution in [0.2, 0.25) is 0 Å². The van der Waals surface area contributed by atoms with Crippen LogP contribution in [-0.4, -0.2) is 46.3 Å². The predicted molar refractivity (Wildman–Crippen MR) is 118 cm³/mol. The van der Waals surface area contributed by atoms with Gasteiger partial charge in [0.25, 0.3) is 11.6 Å². The molecule has 6 aliphatic rings. The van der Waals surface area contributed by atoms with Crippen LogP contribution in [0.1, 0.15) is 67.2 Å². The zero-order valence-corrected chi connectivity index (χ0v) is 20.6. The maximum Gasteiger partial charge on any atom is 0.340 e. The number of hydrogen-bond acceptors (Lipinski definition) is 8. The Hall–Kier alpha value is -2.32. The van der Waals surface area contributed by atoms with Crippen LogP contribution in [0.5, 0.6) is 0 Å². The number of Topliss-reactive ketones (excluding diaryl/α,β-unsaturated/α-hetero) is 1. The highest BCUT2D eigenvalue weighted by atomic mass is 16.8. The molecule has 0 N–H and O–H groups in total. The average molecular weight is 473 g/mol. The molecule has 2 aliphatic heterocycles. The fraction of sp³-hybridized carbons (Fsp3) is 0.692. The molecule has 2 bridgehead atoms. The van der Waals surface area contributed by atoms with Gasteiger partial charge in [-0.1, -0.05) is 43.9 Å². The molecule has 0 radical (unpaired) electrons. The van der Waals surface area contributed by atoms with Crippen LogP contribution in [-0.2, 0) is 38.1 Å². The lowest BCUT2D eigenvalue weighted by molar-refractivity contribution is -0.278. The van der Waals surface area contributed by atoms with E-state index in [-0.39, 0.29) is 5.78 Å². The van der Waals surface area contributed by atoms with Gasteiger partial charge in [0, 0.05) is 5.92 Å². The fourth-order valence-corrected chi connectivity index (χ4v) is 6.54. The normalized spacial score (nSPS) is 41.5. The van der Waals surface area contributed by atoms with E-state index in [1.54, 1.807) is 27.7 Å². The van der Waals surface area contributed by atoms with E-state index in [4.69, 9.17) is 18.9 Å². The Balaban J connectivity index is 1.75. The smallest absolute Gasteiger partial charge is 0.340 e. The molecule has 0 unspecified atom stereocenters. The summed E-state index contributed by atoms with van der Waals surface area (Å²) >= 11 is 0. The van der Waals surface area contributed by atoms with Gasteiger partial charge in [-0.25, -0.2) is 9.59 Å². The van der Waals surface area contributed by atoms with Crippen LogP contribution in [0.25, 0.3) is 0 Å². The van der Waals surface area contributed by atoms with Crippen molar-refractivity contribution in [3.63, 3.8) is 0 Å². The standard InChI is InChI=1S/C26H32O8/c1-7-9-13-11-15-19-17(18(13)20(28)25(15)31-21(29)23(3,4)33-25)14(10-8-2)12-16(27)26(19)32-22(30)24(5,6)34-26/h11-12,15,17-19H,7-10H2,1-6H3/t15-,17-,18+,19+,25-,26+/m1/s1. The highest BCUT2D eigenvalue weighted by molar-refractivity contribution is 6.04. The molecular weight excluding hydrogens is 440 g/mol. The lowest BCUT2D eigenvalue weighted by Gasteiger charge is -2.58. The highest BCUT2D eigenvalue weighted by Crippen LogP contribution is 2.64. The van der Waals surface area contributed by atoms with Crippen LogP contribution in [0.3, 0.4) is 0 Å². The van der Waals surface area contributed by atoms with E-state index in [1.807, 2.05) is 19.9 Å². The third-order valence-electron chi connectivity index (χ3n) is 7.88. The summed E-state index contributed by atoms with van der Waals surface area (Å²) < 4.78 is 23.8. The first-order valence-corrected chi connectivity index (χ1v) is 12.2. The molecule has 1 saturated carbocycles. The van der Waals surface area contributed by atoms with E-state index in [0.29, 0.717) is 12.8 Å². The Morgan fingerprint density at radius 3 is 1.82 bits per heavy atom. The predicted octanol–water partition coefficient (Wildman–Crippen LogP) is 3.18. The minimum absolute atomic E-state index is 0.307. The van der Waals surface area contributed by atoms with Gasteiger partial charge in [0.05, 0.1) is 17.8 Å². The Labute approximate surface area is 199 Å². The third kappa shape index (κ3) is 2.78. The van der Waals surface area contributed by atoms with Crippen LogP contribution < -0.4 is 0 Å². The minimum atomic E-state index is -1.91. The third-order valence-corrected chi connectivity index (χ3v) is 7.88. The molecule has 34 heavy (non-hydrogen) atoms. The zero-order chi connectivity index (χ0) is 24.8. The number of carbonyl (C=O) groups is 4. The Kier molecular flexibility index (Phi) is 4.89. The molecule has 4 aliphatic carbocycles. The number of carbonyl (C=O) groups excluding carboxylic acids is 4. The van der Waals surface area contributed by atoms with E-state index in [0.717, 1.165) is 24.0 Å². The largest absolute Gasteiger partial charge is 0.422 e. The van der Waals surface area contributed by atoms with Crippen LogP contribution >= 0.6 is 0 Å². The molecule has 6 atom stereocenters. The van der Waals surface area contributed by atoms with E-state index in [1.165, 1.54) is 6.08 Å². The summed E-state index contributed by atoms with van der Waals surface area (Å²) in [5.74, 6) is -8.51. The van der Waals surface area contributed by atoms with E-state index in [9.17, 15) is 19.2 Å². The summed E-state index contributed by atoms with van der Waals surface area (Å²) in [5.41, 5.74) is -0.881. The number of hydrogen-bond donors (Lipinski definition) is 0. The molecule has 6 rings (SSSR count). The number of ether oxygens (including phenoxy) is 4. The topological polar surface area (TPSA) is 105 Å². The average Bonchev–Trinajstić information content (AvgIpc) is 3.13. The van der Waals surface area contributed by atoms with Crippen molar-refractivity contribution in [1.82, 2.24) is 0 Å². The van der Waals surface area contributed by atoms with Gasteiger partial charge in [-0.3, -0.25) is 9.59 Å². The number of esters is 2. The van der Waals surface area contributed by atoms with Gasteiger partial charge in [0.2, 0.25) is 11.6 Å². The molecular formula is C26H32O8. The first-order chi connectivity index (χ1) is 15.8. The summed E-state index contributed by atoms with van der Waals surface area (Å²) in [7, 11) is 0. The maximum absolute atomic E-state index is 14.1. The van der Waals surface area contributed by atoms with Crippen LogP contribution in [0, 0.1) is 23.7 Å². The van der Waals surface area contributed by atoms with Crippen molar-refractivity contribution >= 4 is 23.5 Å². The van der Waals surface area contributed by atoms with Crippen molar-refractivity contribution < 1.29 is 38.1 Å². The summed E-state index contributed by atoms with van der Waals surface area (Å²) in [6.07, 6.45) is 6.34. The maximum atomic E-state index is 14.1. The second-order valence-corrected chi connectivity index (χ2v) is 11.1. The summed E-state index contributed by atoms with van der Waals surface area (Å²) in [4.78, 5) is 53.3. The number of allylic oxidation sites excluding steroid dienone is 2. The molecule has 8 nitrogen and oxygen atoms in total. The second-order valence-electron chi connectivity index (χ2n) is 11.1. The molecule has 2 heterocycles. The van der Waals surface area contributed by atoms with Crippen molar-refractivity contribution in [3.05, 3.63) is 23.3 Å². The Bertz CT molecular complexity index is 1060. The van der Waals surface area contributed by atoms with Crippen molar-refractivity contribution in [2.45, 2.75) is 90.0 Å². The molecule has 2 spiro atoms. The van der Waals surface area contributed by atoms with Gasteiger partial charge in [0.1, 0.15) is 0 Å². The van der Waals surface area contributed by atoms with Gasteiger partial charge < -0.3 is 18.9 Å². The van der Waals surface area contributed by atoms with Gasteiger partial charge in [-0.05, 0) is 46.6 Å². The van der Waals surface area contributed by atoms with Gasteiger partial charge in [-0.2, -0.15) is 0 Å². The molecule has 0 aromatic carbocycles. The number of ketones is 2. The fourth-order valence-electron chi connectivity index (χ4n) is 6.54. The SMILES string of the molecule is CCCC1=C[C@@H]2[C@H]3[C@H](C(CCC)=CC(=O)[C@@]34OC(=O)C(C)(C)O4)[C@H]1C(=O)[C@@]21OC(=O)C(C)(C)O1. The Morgan fingerprint density at radius 1 is 0.794 bits per heavy atom. The molecule has 0 amide bonds. The first-order valence-electron chi connectivity index (χ1n) is 12.2. The molecule has 0 aromatic rings. The van der Waals surface area contributed by atoms with Crippen molar-refractivity contribution in [3.8, 4) is 0 Å². The van der Waals surface area contributed by atoms with E-state index >= 15 is 0 Å². The minimum Gasteiger partial charge on any atom is -0.422 e. The quantitative estimate of drug-likeness (QED) is 0.454. The van der Waals surface area contributed by atoms with E-state index in [2.05, 4.69) is 0 Å². The summed E-state index contributed by atoms with van der Waals surface area (Å²) in [6, 6.07) is 0. The van der Waals surface area contributed by atoms with Crippen LogP contribution in [0.4, 0.5) is 0 Å². The summed E-state index contributed by atoms with van der Waals surface area (Å²) in [5, 5.41) is 0. The van der Waals surface area contributed by atoms with E-state index < -0.39 is 64.2 Å². The molecule has 3 fully saturated rings. The van der Waals surface area contributed by atoms with Gasteiger partial charge >= 0.3 is 11.9 Å². The summed E-state index contributed by atoms with van der Waals surface area (Å²) in [6.45, 7) is 10.3. The zero-order valence-electron chi connectivity index (χ0n) is 20.6. The van der Waals surface area contributed by atoms with Gasteiger partial charge in [-0.15, -0.1) is 0 Å². The highest BCUT2D eigenvalue weighted by Gasteiger charge is 2.78. The van der Waals surface area contributed by atoms with Crippen molar-refractivity contribution in [2.75, 3.05) is 0 Å². The Morgan fingerprint density at radius 2 is 1.32 bits per heavy atom. The lowest BCUT2D eigenvalue weighted by Crippen LogP contribution is -2.70. The van der Waals surface area contributed by atoms with Crippen molar-refractivity contribution in [1.29, 1.82) is 0 Å². The molecule has 2 saturated heterocycles. The number of rotatable bonds is 4. The van der Waals surface area contributed by atoms with Gasteiger partial charge in [0.15, 0.2) is 11.2 Å². The molecule has 0 aromatic heterocycles. The van der Waals surface area contributed by atoms with Crippen molar-refractivity contribution in [2.24, 2.45) is 23.7 Å². The van der Waals surface area contributed by atoms with Crippen LogP contribution in [0.15, 0.2) is 23.3 Å². The monoisotopic (exact) mass is 472 g/mol. The molecule has 8 heteroatoms. The molecule has 184 valence electrons. The lowest BCUT2D eigenvalue weighted by atomic mass is 9.49. The second kappa shape index (κ2) is 7.10. The first kappa shape index (κ1) is 23.4.